The van der Waals surface area contributed by atoms with Crippen LogP contribution in [-0.2, 0) is 11.0 Å². The average Bonchev–Trinajstić information content (AvgIpc) is 3.20. The maximum Gasteiger partial charge on any atom is 0.416 e. The number of hydrogen-bond donors (Lipinski definition) is 0. The number of alkyl halides is 3. The Labute approximate surface area is 120 Å². The maximum absolute atomic E-state index is 12.6. The van der Waals surface area contributed by atoms with Gasteiger partial charge in [-0.15, -0.1) is 0 Å². The predicted octanol–water partition coefficient (Wildman–Crippen LogP) is 3.23. The lowest BCUT2D eigenvalue weighted by Gasteiger charge is -2.45. The molecule has 0 N–H and O–H groups in total. The number of nitrogens with zero attached hydrogens (tertiary/aromatic N) is 1. The van der Waals surface area contributed by atoms with Crippen molar-refractivity contribution in [2.45, 2.75) is 36.9 Å². The summed E-state index contributed by atoms with van der Waals surface area (Å²) in [5, 5.41) is 0. The highest BCUT2D eigenvalue weighted by molar-refractivity contribution is 5.96. The number of carbonyl (C=O) groups excluding carboxylic acids is 1. The molecule has 0 aromatic heterocycles. The molecule has 0 radical (unpaired) electrons. The Morgan fingerprint density at radius 3 is 2.24 bits per heavy atom. The van der Waals surface area contributed by atoms with Crippen LogP contribution in [0.25, 0.3) is 0 Å². The lowest BCUT2D eigenvalue weighted by molar-refractivity contribution is -0.140. The zero-order valence-electron chi connectivity index (χ0n) is 11.5. The van der Waals surface area contributed by atoms with Crippen LogP contribution < -0.4 is 0 Å². The van der Waals surface area contributed by atoms with Crippen molar-refractivity contribution in [2.24, 2.45) is 5.92 Å². The predicted molar refractivity (Wildman–Crippen MR) is 70.8 cm³/mol. The third-order valence-electron chi connectivity index (χ3n) is 5.43. The van der Waals surface area contributed by atoms with Gasteiger partial charge in [0.1, 0.15) is 0 Å². The van der Waals surface area contributed by atoms with Gasteiger partial charge in [0.15, 0.2) is 5.78 Å². The second-order valence-electron chi connectivity index (χ2n) is 6.43. The summed E-state index contributed by atoms with van der Waals surface area (Å²) in [4.78, 5) is 14.8. The third kappa shape index (κ3) is 1.79. The van der Waals surface area contributed by atoms with Crippen LogP contribution in [0.1, 0.15) is 36.3 Å². The lowest BCUT2D eigenvalue weighted by Crippen LogP contribution is -2.58. The zero-order chi connectivity index (χ0) is 14.8. The molecule has 2 bridgehead atoms. The fourth-order valence-electron chi connectivity index (χ4n) is 4.22. The van der Waals surface area contributed by atoms with Crippen molar-refractivity contribution in [3.63, 3.8) is 0 Å². The number of rotatable bonds is 1. The molecule has 1 saturated carbocycles. The molecule has 2 nitrogen and oxygen atoms in total. The molecule has 2 unspecified atom stereocenters. The summed E-state index contributed by atoms with van der Waals surface area (Å²) in [6, 6.07) is 5.34. The van der Waals surface area contributed by atoms with Gasteiger partial charge in [-0.2, -0.15) is 13.2 Å². The first-order chi connectivity index (χ1) is 9.93. The molecule has 1 aromatic carbocycles. The van der Waals surface area contributed by atoms with E-state index in [1.165, 1.54) is 0 Å². The van der Waals surface area contributed by atoms with E-state index >= 15 is 0 Å². The number of halogens is 3. The van der Waals surface area contributed by atoms with E-state index in [-0.39, 0.29) is 17.4 Å². The fraction of sp³-hybridized carbons (Fsp3) is 0.562. The van der Waals surface area contributed by atoms with Gasteiger partial charge in [-0.3, -0.25) is 9.69 Å². The summed E-state index contributed by atoms with van der Waals surface area (Å²) in [6.07, 6.45) is -1.64. The van der Waals surface area contributed by atoms with E-state index in [1.807, 2.05) is 0 Å². The molecule has 1 spiro atoms. The Hall–Kier alpha value is -1.36. The van der Waals surface area contributed by atoms with Crippen molar-refractivity contribution in [3.05, 3.63) is 35.4 Å². The van der Waals surface area contributed by atoms with Crippen LogP contribution in [0, 0.1) is 5.92 Å². The number of hydrogen-bond acceptors (Lipinski definition) is 2. The minimum absolute atomic E-state index is 0.0791. The first-order valence-corrected chi connectivity index (χ1v) is 7.39. The molecule has 3 aliphatic heterocycles. The Balaban J connectivity index is 1.61. The summed E-state index contributed by atoms with van der Waals surface area (Å²) in [5.74, 6) is 0.578. The van der Waals surface area contributed by atoms with Gasteiger partial charge in [0.05, 0.1) is 11.1 Å². The number of fused-ring (bicyclic) bond motifs is 2. The molecule has 0 amide bonds. The van der Waals surface area contributed by atoms with Gasteiger partial charge in [0, 0.05) is 11.8 Å². The Morgan fingerprint density at radius 2 is 1.71 bits per heavy atom. The molecule has 5 rings (SSSR count). The normalized spacial score (nSPS) is 38.0. The topological polar surface area (TPSA) is 20.3 Å². The van der Waals surface area contributed by atoms with E-state index in [0.717, 1.165) is 50.0 Å². The Bertz CT molecular complexity index is 587. The van der Waals surface area contributed by atoms with Crippen molar-refractivity contribution in [1.82, 2.24) is 4.90 Å². The van der Waals surface area contributed by atoms with Crippen molar-refractivity contribution >= 4 is 5.78 Å². The van der Waals surface area contributed by atoms with Crippen LogP contribution in [-0.4, -0.2) is 29.3 Å². The Kier molecular flexibility index (Phi) is 2.60. The molecule has 1 aromatic rings. The fourth-order valence-corrected chi connectivity index (χ4v) is 4.22. The molecule has 5 heteroatoms. The second kappa shape index (κ2) is 4.09. The highest BCUT2D eigenvalue weighted by Gasteiger charge is 2.67. The molecule has 4 fully saturated rings. The Morgan fingerprint density at radius 1 is 1.10 bits per heavy atom. The SMILES string of the molecule is O=C1C2CCN(CC2)C12CC2c1ccc(C(F)(F)F)cc1. The summed E-state index contributed by atoms with van der Waals surface area (Å²) in [5.41, 5.74) is -0.150. The first kappa shape index (κ1) is 13.3. The van der Waals surface area contributed by atoms with Crippen molar-refractivity contribution in [3.8, 4) is 0 Å². The maximum atomic E-state index is 12.6. The van der Waals surface area contributed by atoms with E-state index < -0.39 is 11.7 Å². The minimum Gasteiger partial charge on any atom is -0.297 e. The van der Waals surface area contributed by atoms with E-state index in [0.29, 0.717) is 5.78 Å². The van der Waals surface area contributed by atoms with Gasteiger partial charge in [0.2, 0.25) is 0 Å². The molecular weight excluding hydrogens is 279 g/mol. The van der Waals surface area contributed by atoms with Gasteiger partial charge in [-0.25, -0.2) is 0 Å². The van der Waals surface area contributed by atoms with Crippen LogP contribution in [0.4, 0.5) is 13.2 Å². The molecule has 21 heavy (non-hydrogen) atoms. The van der Waals surface area contributed by atoms with E-state index in [9.17, 15) is 18.0 Å². The van der Waals surface area contributed by atoms with E-state index in [2.05, 4.69) is 4.90 Å². The molecule has 3 heterocycles. The molecule has 112 valence electrons. The van der Waals surface area contributed by atoms with Crippen molar-refractivity contribution in [1.29, 1.82) is 0 Å². The number of carbonyl (C=O) groups is 1. The van der Waals surface area contributed by atoms with Gasteiger partial charge in [-0.05, 0) is 50.0 Å². The quantitative estimate of drug-likeness (QED) is 0.793. The van der Waals surface area contributed by atoms with Gasteiger partial charge in [0.25, 0.3) is 0 Å². The number of ketones is 1. The van der Waals surface area contributed by atoms with Crippen LogP contribution in [0.3, 0.4) is 0 Å². The summed E-state index contributed by atoms with van der Waals surface area (Å²) in [6.45, 7) is 1.90. The van der Waals surface area contributed by atoms with E-state index in [4.69, 9.17) is 0 Å². The molecule has 4 aliphatic rings. The molecular formula is C16H16F3NO. The van der Waals surface area contributed by atoms with Crippen LogP contribution in [0.5, 0.6) is 0 Å². The lowest BCUT2D eigenvalue weighted by atomic mass is 9.79. The highest BCUT2D eigenvalue weighted by Crippen LogP contribution is 2.61. The monoisotopic (exact) mass is 295 g/mol. The standard InChI is InChI=1S/C16H16F3NO/c17-16(18,19)12-3-1-10(2-4-12)13-9-15(13)14(21)11-5-7-20(15)8-6-11/h1-4,11,13H,5-9H2. The van der Waals surface area contributed by atoms with Crippen molar-refractivity contribution in [2.75, 3.05) is 13.1 Å². The van der Waals surface area contributed by atoms with Gasteiger partial charge < -0.3 is 0 Å². The minimum atomic E-state index is -4.30. The van der Waals surface area contributed by atoms with Gasteiger partial charge in [-0.1, -0.05) is 12.1 Å². The van der Waals surface area contributed by atoms with Crippen LogP contribution >= 0.6 is 0 Å². The van der Waals surface area contributed by atoms with Crippen LogP contribution in [0.2, 0.25) is 0 Å². The zero-order valence-corrected chi connectivity index (χ0v) is 11.5. The number of benzene rings is 1. The van der Waals surface area contributed by atoms with Crippen molar-refractivity contribution < 1.29 is 18.0 Å². The number of Topliss-reactive ketones (excluding diaryl/α,β-unsaturated/α-hetero) is 1. The molecule has 1 aliphatic carbocycles. The summed E-state index contributed by atoms with van der Waals surface area (Å²) in [7, 11) is 0. The largest absolute Gasteiger partial charge is 0.416 e. The average molecular weight is 295 g/mol. The summed E-state index contributed by atoms with van der Waals surface area (Å²) < 4.78 is 37.8. The third-order valence-corrected chi connectivity index (χ3v) is 5.43. The van der Waals surface area contributed by atoms with E-state index in [1.54, 1.807) is 12.1 Å². The smallest absolute Gasteiger partial charge is 0.297 e. The van der Waals surface area contributed by atoms with Gasteiger partial charge >= 0.3 is 6.18 Å². The van der Waals surface area contributed by atoms with Crippen LogP contribution in [0.15, 0.2) is 24.3 Å². The molecule has 3 saturated heterocycles. The molecule has 2 atom stereocenters. The highest BCUT2D eigenvalue weighted by atomic mass is 19.4. The second-order valence-corrected chi connectivity index (χ2v) is 6.43. The number of piperidine rings is 3. The first-order valence-electron chi connectivity index (χ1n) is 7.39. The summed E-state index contributed by atoms with van der Waals surface area (Å²) >= 11 is 0.